The van der Waals surface area contributed by atoms with E-state index < -0.39 is 11.5 Å². The third-order valence-corrected chi connectivity index (χ3v) is 3.44. The van der Waals surface area contributed by atoms with Gasteiger partial charge in [0.15, 0.2) is 0 Å². The largest absolute Gasteiger partial charge is 0.481 e. The molecule has 20 heavy (non-hydrogen) atoms. The van der Waals surface area contributed by atoms with Crippen LogP contribution in [0.5, 0.6) is 5.88 Å². The predicted molar refractivity (Wildman–Crippen MR) is 74.9 cm³/mol. The van der Waals surface area contributed by atoms with Gasteiger partial charge in [0.2, 0.25) is 5.88 Å². The second kappa shape index (κ2) is 6.07. The summed E-state index contributed by atoms with van der Waals surface area (Å²) < 4.78 is 5.53. The quantitative estimate of drug-likeness (QED) is 0.832. The minimum absolute atomic E-state index is 0.0391. The van der Waals surface area contributed by atoms with E-state index >= 15 is 0 Å². The molecule has 1 aromatic rings. The van der Waals surface area contributed by atoms with Crippen LogP contribution in [0.1, 0.15) is 46.0 Å². The van der Waals surface area contributed by atoms with Gasteiger partial charge in [0.1, 0.15) is 12.1 Å². The van der Waals surface area contributed by atoms with E-state index in [-0.39, 0.29) is 12.5 Å². The number of nitrogens with one attached hydrogen (secondary N) is 1. The molecular formula is C14H21N3O3. The fourth-order valence-electron chi connectivity index (χ4n) is 2.67. The summed E-state index contributed by atoms with van der Waals surface area (Å²) in [4.78, 5) is 19.3. The summed E-state index contributed by atoms with van der Waals surface area (Å²) in [5.74, 6) is 0.340. The number of aliphatic carboxylic acids is 1. The smallest absolute Gasteiger partial charge is 0.305 e. The molecule has 0 aliphatic heterocycles. The van der Waals surface area contributed by atoms with Crippen molar-refractivity contribution in [1.82, 2.24) is 9.97 Å². The minimum atomic E-state index is -0.785. The maximum Gasteiger partial charge on any atom is 0.305 e. The second-order valence-corrected chi connectivity index (χ2v) is 5.59. The zero-order valence-electron chi connectivity index (χ0n) is 11.9. The Labute approximate surface area is 118 Å². The highest BCUT2D eigenvalue weighted by Gasteiger charge is 2.36. The van der Waals surface area contributed by atoms with E-state index in [1.54, 1.807) is 6.07 Å². The molecule has 6 heteroatoms. The molecule has 2 N–H and O–H groups in total. The fourth-order valence-corrected chi connectivity index (χ4v) is 2.67. The highest BCUT2D eigenvalue weighted by atomic mass is 16.5. The molecule has 110 valence electrons. The average Bonchev–Trinajstić information content (AvgIpc) is 2.75. The van der Waals surface area contributed by atoms with Gasteiger partial charge in [-0.1, -0.05) is 12.8 Å². The molecule has 1 saturated carbocycles. The summed E-state index contributed by atoms with van der Waals surface area (Å²) in [7, 11) is 0. The van der Waals surface area contributed by atoms with Crippen LogP contribution in [0.3, 0.4) is 0 Å². The number of carboxylic acids is 1. The third kappa shape index (κ3) is 3.82. The van der Waals surface area contributed by atoms with Gasteiger partial charge in [0.05, 0.1) is 12.5 Å². The number of anilines is 1. The number of hydrogen-bond acceptors (Lipinski definition) is 5. The molecule has 0 amide bonds. The van der Waals surface area contributed by atoms with Crippen molar-refractivity contribution in [3.8, 4) is 5.88 Å². The Morgan fingerprint density at radius 1 is 1.45 bits per heavy atom. The molecule has 0 spiro atoms. The summed E-state index contributed by atoms with van der Waals surface area (Å²) >= 11 is 0. The second-order valence-electron chi connectivity index (χ2n) is 5.59. The molecule has 1 heterocycles. The molecule has 0 saturated heterocycles. The first-order valence-electron chi connectivity index (χ1n) is 6.98. The monoisotopic (exact) mass is 279 g/mol. The molecule has 0 unspecified atom stereocenters. The number of rotatable bonds is 6. The van der Waals surface area contributed by atoms with E-state index in [1.165, 1.54) is 6.33 Å². The summed E-state index contributed by atoms with van der Waals surface area (Å²) in [6.07, 6.45) is 5.37. The Kier molecular flexibility index (Phi) is 4.42. The highest BCUT2D eigenvalue weighted by Crippen LogP contribution is 2.35. The summed E-state index contributed by atoms with van der Waals surface area (Å²) in [6, 6.07) is 1.72. The Morgan fingerprint density at radius 2 is 2.15 bits per heavy atom. The third-order valence-electron chi connectivity index (χ3n) is 3.44. The molecule has 1 aliphatic carbocycles. The van der Waals surface area contributed by atoms with Gasteiger partial charge in [0, 0.05) is 11.6 Å². The highest BCUT2D eigenvalue weighted by molar-refractivity contribution is 5.69. The summed E-state index contributed by atoms with van der Waals surface area (Å²) in [6.45, 7) is 3.86. The number of aromatic nitrogens is 2. The van der Waals surface area contributed by atoms with Crippen LogP contribution in [-0.2, 0) is 4.79 Å². The van der Waals surface area contributed by atoms with Crippen molar-refractivity contribution in [3.05, 3.63) is 12.4 Å². The Bertz CT molecular complexity index is 470. The van der Waals surface area contributed by atoms with Crippen molar-refractivity contribution < 1.29 is 14.6 Å². The molecule has 1 aliphatic rings. The van der Waals surface area contributed by atoms with Crippen LogP contribution in [0.15, 0.2) is 12.4 Å². The van der Waals surface area contributed by atoms with Gasteiger partial charge in [-0.3, -0.25) is 4.79 Å². The minimum Gasteiger partial charge on any atom is -0.481 e. The summed E-state index contributed by atoms with van der Waals surface area (Å²) in [5.41, 5.74) is -0.394. The Morgan fingerprint density at radius 3 is 2.75 bits per heavy atom. The van der Waals surface area contributed by atoms with Crippen molar-refractivity contribution in [2.24, 2.45) is 0 Å². The molecule has 0 bridgehead atoms. The van der Waals surface area contributed by atoms with E-state index in [0.29, 0.717) is 11.7 Å². The van der Waals surface area contributed by atoms with Crippen molar-refractivity contribution in [3.63, 3.8) is 0 Å². The van der Waals surface area contributed by atoms with Crippen LogP contribution in [0.4, 0.5) is 5.82 Å². The van der Waals surface area contributed by atoms with Gasteiger partial charge in [-0.15, -0.1) is 0 Å². The maximum atomic E-state index is 11.1. The molecule has 6 nitrogen and oxygen atoms in total. The van der Waals surface area contributed by atoms with Crippen molar-refractivity contribution in [1.29, 1.82) is 0 Å². The van der Waals surface area contributed by atoms with Crippen LogP contribution >= 0.6 is 0 Å². The standard InChI is InChI=1S/C14H21N3O3/c1-10(2)20-12-7-11(15-9-16-12)17-14(8-13(18)19)5-3-4-6-14/h7,9-10H,3-6,8H2,1-2H3,(H,18,19)(H,15,16,17). The molecular weight excluding hydrogens is 258 g/mol. The lowest BCUT2D eigenvalue weighted by molar-refractivity contribution is -0.138. The number of carbonyl (C=O) groups is 1. The first kappa shape index (κ1) is 14.6. The van der Waals surface area contributed by atoms with Gasteiger partial charge in [-0.25, -0.2) is 9.97 Å². The maximum absolute atomic E-state index is 11.1. The van der Waals surface area contributed by atoms with E-state index in [4.69, 9.17) is 9.84 Å². The average molecular weight is 279 g/mol. The van der Waals surface area contributed by atoms with Crippen molar-refractivity contribution in [2.75, 3.05) is 5.32 Å². The normalized spacial score (nSPS) is 17.1. The number of hydrogen-bond donors (Lipinski definition) is 2. The van der Waals surface area contributed by atoms with E-state index in [9.17, 15) is 4.79 Å². The van der Waals surface area contributed by atoms with Crippen LogP contribution in [0.2, 0.25) is 0 Å². The lowest BCUT2D eigenvalue weighted by atomic mass is 9.93. The predicted octanol–water partition coefficient (Wildman–Crippen LogP) is 2.46. The van der Waals surface area contributed by atoms with Crippen LogP contribution < -0.4 is 10.1 Å². The number of nitrogens with zero attached hydrogens (tertiary/aromatic N) is 2. The molecule has 0 aromatic carbocycles. The Hall–Kier alpha value is -1.85. The van der Waals surface area contributed by atoms with E-state index in [0.717, 1.165) is 25.7 Å². The zero-order valence-corrected chi connectivity index (χ0v) is 11.9. The fraction of sp³-hybridized carbons (Fsp3) is 0.643. The lowest BCUT2D eigenvalue weighted by Gasteiger charge is -2.29. The van der Waals surface area contributed by atoms with E-state index in [1.807, 2.05) is 13.8 Å². The van der Waals surface area contributed by atoms with E-state index in [2.05, 4.69) is 15.3 Å². The summed E-state index contributed by atoms with van der Waals surface area (Å²) in [5, 5.41) is 12.4. The molecule has 2 rings (SSSR count). The first-order chi connectivity index (χ1) is 9.49. The molecule has 1 fully saturated rings. The number of ether oxygens (including phenoxy) is 1. The topological polar surface area (TPSA) is 84.3 Å². The van der Waals surface area contributed by atoms with Gasteiger partial charge in [-0.2, -0.15) is 0 Å². The van der Waals surface area contributed by atoms with Gasteiger partial charge < -0.3 is 15.2 Å². The van der Waals surface area contributed by atoms with Crippen molar-refractivity contribution in [2.45, 2.75) is 57.6 Å². The van der Waals surface area contributed by atoms with Crippen LogP contribution in [0.25, 0.3) is 0 Å². The lowest BCUT2D eigenvalue weighted by Crippen LogP contribution is -2.37. The number of carboxylic acid groups (broad SMARTS) is 1. The van der Waals surface area contributed by atoms with Crippen LogP contribution in [-0.4, -0.2) is 32.7 Å². The van der Waals surface area contributed by atoms with Crippen molar-refractivity contribution >= 4 is 11.8 Å². The zero-order chi connectivity index (χ0) is 14.6. The Balaban J connectivity index is 2.12. The SMILES string of the molecule is CC(C)Oc1cc(NC2(CC(=O)O)CCCC2)ncn1. The first-order valence-corrected chi connectivity index (χ1v) is 6.98. The molecule has 0 radical (unpaired) electrons. The van der Waals surface area contributed by atoms with Crippen LogP contribution in [0, 0.1) is 0 Å². The van der Waals surface area contributed by atoms with Gasteiger partial charge in [-0.05, 0) is 26.7 Å². The van der Waals surface area contributed by atoms with Gasteiger partial charge >= 0.3 is 5.97 Å². The van der Waals surface area contributed by atoms with Gasteiger partial charge in [0.25, 0.3) is 0 Å². The molecule has 0 atom stereocenters. The molecule has 1 aromatic heterocycles.